The van der Waals surface area contributed by atoms with Gasteiger partial charge in [0.05, 0.1) is 11.1 Å². The number of fused-ring (bicyclic) bond motifs is 1. The van der Waals surface area contributed by atoms with E-state index in [9.17, 15) is 5.26 Å². The summed E-state index contributed by atoms with van der Waals surface area (Å²) in [5.74, 6) is 0.929. The quantitative estimate of drug-likeness (QED) is 0.696. The minimum atomic E-state index is 0.622. The number of ether oxygens (including phenoxy) is 1. The molecule has 122 valence electrons. The van der Waals surface area contributed by atoms with Crippen LogP contribution in [0, 0.1) is 18.3 Å². The smallest absolute Gasteiger partial charge is 0.122 e. The summed E-state index contributed by atoms with van der Waals surface area (Å²) in [6.45, 7) is 4.19. The van der Waals surface area contributed by atoms with Crippen LogP contribution in [0.15, 0.2) is 54.9 Å². The van der Waals surface area contributed by atoms with Crippen molar-refractivity contribution in [3.05, 3.63) is 71.5 Å². The van der Waals surface area contributed by atoms with Crippen molar-refractivity contribution in [3.63, 3.8) is 0 Å². The summed E-state index contributed by atoms with van der Waals surface area (Å²) in [6, 6.07) is 16.3. The van der Waals surface area contributed by atoms with E-state index < -0.39 is 0 Å². The number of aryl methyl sites for hydroxylation is 1. The second kappa shape index (κ2) is 7.20. The van der Waals surface area contributed by atoms with Gasteiger partial charge in [-0.2, -0.15) is 5.26 Å². The van der Waals surface area contributed by atoms with Crippen molar-refractivity contribution in [1.29, 1.82) is 5.26 Å². The van der Waals surface area contributed by atoms with E-state index >= 15 is 0 Å². The molecule has 0 aliphatic rings. The van der Waals surface area contributed by atoms with Crippen molar-refractivity contribution in [2.24, 2.45) is 0 Å². The number of benzene rings is 1. The zero-order valence-corrected chi connectivity index (χ0v) is 14.1. The van der Waals surface area contributed by atoms with Crippen LogP contribution in [-0.4, -0.2) is 29.5 Å². The van der Waals surface area contributed by atoms with E-state index in [4.69, 9.17) is 4.74 Å². The Hall–Kier alpha value is -2.77. The first-order valence-electron chi connectivity index (χ1n) is 8.04. The molecular formula is C20H21N3O. The molecular weight excluding hydrogens is 298 g/mol. The molecule has 0 fully saturated rings. The predicted molar refractivity (Wildman–Crippen MR) is 95.1 cm³/mol. The highest BCUT2D eigenvalue weighted by Crippen LogP contribution is 2.19. The summed E-state index contributed by atoms with van der Waals surface area (Å²) < 4.78 is 7.85. The number of hydrogen-bond acceptors (Lipinski definition) is 3. The van der Waals surface area contributed by atoms with E-state index in [0.717, 1.165) is 41.0 Å². The molecule has 4 heteroatoms. The lowest BCUT2D eigenvalue weighted by Gasteiger charge is -2.17. The average molecular weight is 319 g/mol. The van der Waals surface area contributed by atoms with Crippen LogP contribution in [0.2, 0.25) is 0 Å². The molecule has 3 aromatic rings. The van der Waals surface area contributed by atoms with Gasteiger partial charge in [-0.1, -0.05) is 24.3 Å². The number of aromatic nitrogens is 1. The summed E-state index contributed by atoms with van der Waals surface area (Å²) in [5.41, 5.74) is 3.90. The molecule has 0 atom stereocenters. The monoisotopic (exact) mass is 319 g/mol. The van der Waals surface area contributed by atoms with E-state index in [1.807, 2.05) is 73.2 Å². The fourth-order valence-electron chi connectivity index (χ4n) is 2.83. The van der Waals surface area contributed by atoms with Crippen LogP contribution in [0.1, 0.15) is 16.7 Å². The first-order chi connectivity index (χ1) is 11.7. The largest absolute Gasteiger partial charge is 0.492 e. The Bertz CT molecular complexity index is 876. The zero-order chi connectivity index (χ0) is 16.9. The number of likely N-dealkylation sites (N-methyl/N-ethyl adjacent to an activating group) is 1. The number of hydrogen-bond donors (Lipinski definition) is 0. The molecule has 0 N–H and O–H groups in total. The molecule has 0 spiro atoms. The second-order valence-corrected chi connectivity index (χ2v) is 5.99. The van der Waals surface area contributed by atoms with Crippen molar-refractivity contribution in [1.82, 2.24) is 9.30 Å². The number of nitrogens with zero attached hydrogens (tertiary/aromatic N) is 3. The van der Waals surface area contributed by atoms with Crippen LogP contribution in [0.4, 0.5) is 0 Å². The Morgan fingerprint density at radius 1 is 1.17 bits per heavy atom. The molecule has 0 aliphatic carbocycles. The molecule has 0 saturated heterocycles. The topological polar surface area (TPSA) is 40.7 Å². The first-order valence-corrected chi connectivity index (χ1v) is 8.04. The van der Waals surface area contributed by atoms with Gasteiger partial charge in [-0.25, -0.2) is 0 Å². The molecule has 4 nitrogen and oxygen atoms in total. The summed E-state index contributed by atoms with van der Waals surface area (Å²) in [4.78, 5) is 2.17. The van der Waals surface area contributed by atoms with Crippen LogP contribution in [-0.2, 0) is 6.54 Å². The minimum absolute atomic E-state index is 0.622. The van der Waals surface area contributed by atoms with E-state index in [-0.39, 0.29) is 0 Å². The van der Waals surface area contributed by atoms with Gasteiger partial charge in [0, 0.05) is 31.0 Å². The minimum Gasteiger partial charge on any atom is -0.492 e. The van der Waals surface area contributed by atoms with Gasteiger partial charge in [0.25, 0.3) is 0 Å². The van der Waals surface area contributed by atoms with E-state index in [0.29, 0.717) is 6.61 Å². The molecule has 24 heavy (non-hydrogen) atoms. The van der Waals surface area contributed by atoms with E-state index in [1.54, 1.807) is 0 Å². The molecule has 0 bridgehead atoms. The normalized spacial score (nSPS) is 10.9. The zero-order valence-electron chi connectivity index (χ0n) is 14.1. The third-order valence-corrected chi connectivity index (χ3v) is 4.14. The van der Waals surface area contributed by atoms with Gasteiger partial charge in [0.2, 0.25) is 0 Å². The Morgan fingerprint density at radius 3 is 2.75 bits per heavy atom. The Kier molecular flexibility index (Phi) is 4.83. The molecule has 2 heterocycles. The highest BCUT2D eigenvalue weighted by atomic mass is 16.5. The summed E-state index contributed by atoms with van der Waals surface area (Å²) in [6.07, 6.45) is 4.01. The summed E-state index contributed by atoms with van der Waals surface area (Å²) in [5, 5.41) is 9.47. The summed E-state index contributed by atoms with van der Waals surface area (Å²) >= 11 is 0. The molecule has 0 unspecified atom stereocenters. The summed E-state index contributed by atoms with van der Waals surface area (Å²) in [7, 11) is 2.05. The van der Waals surface area contributed by atoms with Crippen molar-refractivity contribution < 1.29 is 4.74 Å². The van der Waals surface area contributed by atoms with Gasteiger partial charge in [-0.15, -0.1) is 0 Å². The maximum Gasteiger partial charge on any atom is 0.122 e. The van der Waals surface area contributed by atoms with Crippen molar-refractivity contribution >= 4 is 5.52 Å². The first kappa shape index (κ1) is 16.1. The van der Waals surface area contributed by atoms with Gasteiger partial charge in [0.15, 0.2) is 0 Å². The van der Waals surface area contributed by atoms with Crippen LogP contribution < -0.4 is 4.74 Å². The van der Waals surface area contributed by atoms with Crippen LogP contribution in [0.3, 0.4) is 0 Å². The fraction of sp³-hybridized carbons (Fsp3) is 0.250. The van der Waals surface area contributed by atoms with Gasteiger partial charge in [-0.05, 0) is 37.7 Å². The van der Waals surface area contributed by atoms with Crippen LogP contribution in [0.25, 0.3) is 5.52 Å². The van der Waals surface area contributed by atoms with E-state index in [2.05, 4.69) is 11.0 Å². The van der Waals surface area contributed by atoms with Crippen LogP contribution >= 0.6 is 0 Å². The highest BCUT2D eigenvalue weighted by Gasteiger charge is 2.12. The number of nitriles is 1. The number of para-hydroxylation sites is 1. The SMILES string of the molecule is Cc1ccccc1OCCN(C)Cc1cn2ccccc2c1C#N. The molecule has 1 aromatic carbocycles. The second-order valence-electron chi connectivity index (χ2n) is 5.99. The molecule has 0 amide bonds. The lowest BCUT2D eigenvalue weighted by atomic mass is 10.1. The van der Waals surface area contributed by atoms with Gasteiger partial charge < -0.3 is 9.14 Å². The Morgan fingerprint density at radius 2 is 1.96 bits per heavy atom. The lowest BCUT2D eigenvalue weighted by molar-refractivity contribution is 0.232. The van der Waals surface area contributed by atoms with Crippen LogP contribution in [0.5, 0.6) is 5.75 Å². The van der Waals surface area contributed by atoms with Gasteiger partial charge in [-0.3, -0.25) is 4.90 Å². The average Bonchev–Trinajstić information content (AvgIpc) is 2.93. The highest BCUT2D eigenvalue weighted by molar-refractivity contribution is 5.65. The van der Waals surface area contributed by atoms with Crippen molar-refractivity contribution in [2.45, 2.75) is 13.5 Å². The van der Waals surface area contributed by atoms with Gasteiger partial charge >= 0.3 is 0 Å². The number of pyridine rings is 1. The number of rotatable bonds is 6. The molecule has 2 aromatic heterocycles. The van der Waals surface area contributed by atoms with Crippen molar-refractivity contribution in [2.75, 3.05) is 20.2 Å². The lowest BCUT2D eigenvalue weighted by Crippen LogP contribution is -2.24. The maximum absolute atomic E-state index is 9.47. The molecule has 0 saturated carbocycles. The Labute approximate surface area is 142 Å². The third-order valence-electron chi connectivity index (χ3n) is 4.14. The predicted octanol–water partition coefficient (Wildman–Crippen LogP) is 3.63. The molecule has 0 radical (unpaired) electrons. The van der Waals surface area contributed by atoms with Gasteiger partial charge in [0.1, 0.15) is 18.4 Å². The third kappa shape index (κ3) is 3.42. The standard InChI is InChI=1S/C20H21N3O/c1-16-7-3-4-9-20(16)24-12-11-22(2)14-17-15-23-10-6-5-8-19(23)18(17)13-21/h3-10,15H,11-12,14H2,1-2H3. The Balaban J connectivity index is 1.62. The van der Waals surface area contributed by atoms with E-state index in [1.165, 1.54) is 0 Å². The maximum atomic E-state index is 9.47. The molecule has 0 aliphatic heterocycles. The van der Waals surface area contributed by atoms with Crippen molar-refractivity contribution in [3.8, 4) is 11.8 Å². The molecule has 3 rings (SSSR count). The fourth-order valence-corrected chi connectivity index (χ4v) is 2.83.